The molecule has 27 heavy (non-hydrogen) atoms. The normalized spacial score (nSPS) is 19.6. The summed E-state index contributed by atoms with van der Waals surface area (Å²) >= 11 is 1.49. The Morgan fingerprint density at radius 1 is 1.37 bits per heavy atom. The van der Waals surface area contributed by atoms with E-state index in [4.69, 9.17) is 9.94 Å². The second-order valence-electron chi connectivity index (χ2n) is 6.41. The van der Waals surface area contributed by atoms with Gasteiger partial charge in [-0.05, 0) is 38.1 Å². The van der Waals surface area contributed by atoms with Gasteiger partial charge in [-0.25, -0.2) is 13.9 Å². The van der Waals surface area contributed by atoms with Gasteiger partial charge in [0.2, 0.25) is 10.0 Å². The Balaban J connectivity index is 2.26. The fourth-order valence-corrected chi connectivity index (χ4v) is 5.97. The molecule has 1 amide bonds. The molecule has 0 spiro atoms. The number of benzene rings is 1. The Morgan fingerprint density at radius 2 is 2.04 bits per heavy atom. The van der Waals surface area contributed by atoms with Crippen molar-refractivity contribution in [2.75, 3.05) is 18.9 Å². The van der Waals surface area contributed by atoms with E-state index < -0.39 is 26.7 Å². The lowest BCUT2D eigenvalue weighted by Crippen LogP contribution is -2.61. The largest absolute Gasteiger partial charge is 0.481 e. The standard InChI is InChI=1S/C18H24N2O5S2/c1-4-5-6-12-25-14-7-9-15(10-8-14)27(23,24)20-11-13-26-18(2,3)16(20)17(21)19-22/h7-10,16,22H,4,11-13H2,1-3H3,(H,19,21). The molecule has 1 fully saturated rings. The fourth-order valence-electron chi connectivity index (χ4n) is 2.86. The molecular formula is C18H24N2O5S2. The van der Waals surface area contributed by atoms with E-state index in [0.717, 1.165) is 10.7 Å². The molecule has 0 aromatic heterocycles. The number of hydrogen-bond donors (Lipinski definition) is 2. The van der Waals surface area contributed by atoms with Crippen LogP contribution >= 0.6 is 11.8 Å². The van der Waals surface area contributed by atoms with Crippen LogP contribution < -0.4 is 10.2 Å². The summed E-state index contributed by atoms with van der Waals surface area (Å²) in [6.45, 7) is 5.92. The number of carbonyl (C=O) groups is 1. The minimum atomic E-state index is -3.92. The van der Waals surface area contributed by atoms with Crippen molar-refractivity contribution in [3.63, 3.8) is 0 Å². The average molecular weight is 413 g/mol. The van der Waals surface area contributed by atoms with E-state index in [1.165, 1.54) is 23.9 Å². The number of amides is 1. The maximum atomic E-state index is 13.1. The quantitative estimate of drug-likeness (QED) is 0.435. The van der Waals surface area contributed by atoms with E-state index in [0.29, 0.717) is 11.5 Å². The zero-order chi connectivity index (χ0) is 20.1. The third-order valence-corrected chi connectivity index (χ3v) is 7.37. The van der Waals surface area contributed by atoms with Gasteiger partial charge in [-0.1, -0.05) is 12.8 Å². The third kappa shape index (κ3) is 4.96. The van der Waals surface area contributed by atoms with Gasteiger partial charge < -0.3 is 4.74 Å². The monoisotopic (exact) mass is 412 g/mol. The molecule has 1 saturated heterocycles. The van der Waals surface area contributed by atoms with Gasteiger partial charge in [0.1, 0.15) is 18.4 Å². The van der Waals surface area contributed by atoms with Crippen molar-refractivity contribution < 1.29 is 23.2 Å². The summed E-state index contributed by atoms with van der Waals surface area (Å²) in [7, 11) is -3.92. The highest BCUT2D eigenvalue weighted by Gasteiger charge is 2.48. The van der Waals surface area contributed by atoms with Crippen LogP contribution in [0.4, 0.5) is 0 Å². The van der Waals surface area contributed by atoms with Gasteiger partial charge in [-0.2, -0.15) is 16.1 Å². The summed E-state index contributed by atoms with van der Waals surface area (Å²) in [6.07, 6.45) is 0.744. The first-order chi connectivity index (χ1) is 12.7. The molecule has 1 aliphatic heterocycles. The average Bonchev–Trinajstić information content (AvgIpc) is 2.64. The van der Waals surface area contributed by atoms with Crippen molar-refractivity contribution in [3.8, 4) is 17.6 Å². The summed E-state index contributed by atoms with van der Waals surface area (Å²) in [5, 5.41) is 9.07. The molecule has 148 valence electrons. The van der Waals surface area contributed by atoms with Crippen LogP contribution in [0.2, 0.25) is 0 Å². The smallest absolute Gasteiger partial charge is 0.263 e. The van der Waals surface area contributed by atoms with Crippen LogP contribution in [-0.2, 0) is 14.8 Å². The third-order valence-electron chi connectivity index (χ3n) is 4.13. The molecular weight excluding hydrogens is 388 g/mol. The first kappa shape index (κ1) is 21.6. The SMILES string of the molecule is CCC#CCOc1ccc(S(=O)(=O)N2CCSC(C)(C)C2C(=O)NO)cc1. The topological polar surface area (TPSA) is 95.9 Å². The minimum absolute atomic E-state index is 0.0629. The van der Waals surface area contributed by atoms with E-state index in [1.54, 1.807) is 31.5 Å². The lowest BCUT2D eigenvalue weighted by Gasteiger charge is -2.43. The number of sulfonamides is 1. The van der Waals surface area contributed by atoms with Crippen molar-refractivity contribution in [2.24, 2.45) is 0 Å². The zero-order valence-electron chi connectivity index (χ0n) is 15.6. The molecule has 2 N–H and O–H groups in total. The van der Waals surface area contributed by atoms with Gasteiger partial charge in [0.25, 0.3) is 5.91 Å². The molecule has 0 bridgehead atoms. The van der Waals surface area contributed by atoms with Gasteiger partial charge in [-0.3, -0.25) is 10.0 Å². The molecule has 9 heteroatoms. The van der Waals surface area contributed by atoms with Crippen LogP contribution in [0.25, 0.3) is 0 Å². The number of hydroxylamine groups is 1. The Bertz CT molecular complexity index is 826. The molecule has 1 atom stereocenters. The van der Waals surface area contributed by atoms with Gasteiger partial charge in [0.15, 0.2) is 0 Å². The zero-order valence-corrected chi connectivity index (χ0v) is 17.2. The molecule has 1 aliphatic rings. The van der Waals surface area contributed by atoms with Crippen molar-refractivity contribution in [3.05, 3.63) is 24.3 Å². The van der Waals surface area contributed by atoms with Crippen molar-refractivity contribution in [1.82, 2.24) is 9.79 Å². The van der Waals surface area contributed by atoms with Gasteiger partial charge in [0.05, 0.1) is 4.90 Å². The van der Waals surface area contributed by atoms with Crippen LogP contribution in [-0.4, -0.2) is 53.5 Å². The van der Waals surface area contributed by atoms with E-state index in [2.05, 4.69) is 11.8 Å². The lowest BCUT2D eigenvalue weighted by molar-refractivity contribution is -0.134. The molecule has 1 unspecified atom stereocenters. The maximum absolute atomic E-state index is 13.1. The molecule has 1 aromatic rings. The van der Waals surface area contributed by atoms with Crippen LogP contribution in [0, 0.1) is 11.8 Å². The predicted octanol–water partition coefficient (Wildman–Crippen LogP) is 1.87. The van der Waals surface area contributed by atoms with Gasteiger partial charge in [-0.15, -0.1) is 5.92 Å². The number of nitrogens with one attached hydrogen (secondary N) is 1. The minimum Gasteiger partial charge on any atom is -0.481 e. The summed E-state index contributed by atoms with van der Waals surface area (Å²) < 4.78 is 32.1. The molecule has 1 heterocycles. The Kier molecular flexibility index (Phi) is 7.17. The Hall–Kier alpha value is -1.73. The van der Waals surface area contributed by atoms with E-state index in [1.807, 2.05) is 6.92 Å². The molecule has 0 aliphatic carbocycles. The van der Waals surface area contributed by atoms with Gasteiger partial charge in [0, 0.05) is 23.5 Å². The molecule has 0 radical (unpaired) electrons. The summed E-state index contributed by atoms with van der Waals surface area (Å²) in [6, 6.07) is 4.99. The first-order valence-electron chi connectivity index (χ1n) is 8.52. The highest BCUT2D eigenvalue weighted by Crippen LogP contribution is 2.38. The van der Waals surface area contributed by atoms with E-state index in [9.17, 15) is 13.2 Å². The lowest BCUT2D eigenvalue weighted by atomic mass is 10.0. The summed E-state index contributed by atoms with van der Waals surface area (Å²) in [4.78, 5) is 12.2. The molecule has 0 saturated carbocycles. The molecule has 2 rings (SSSR count). The van der Waals surface area contributed by atoms with Crippen LogP contribution in [0.1, 0.15) is 27.2 Å². The van der Waals surface area contributed by atoms with Crippen molar-refractivity contribution in [1.29, 1.82) is 0 Å². The second-order valence-corrected chi connectivity index (χ2v) is 10.1. The molecule has 7 nitrogen and oxygen atoms in total. The van der Waals surface area contributed by atoms with Crippen LogP contribution in [0.5, 0.6) is 5.75 Å². The number of thioether (sulfide) groups is 1. The fraction of sp³-hybridized carbons (Fsp3) is 0.500. The predicted molar refractivity (Wildman–Crippen MR) is 104 cm³/mol. The Labute approximate surface area is 164 Å². The van der Waals surface area contributed by atoms with Gasteiger partial charge >= 0.3 is 0 Å². The van der Waals surface area contributed by atoms with Crippen LogP contribution in [0.3, 0.4) is 0 Å². The maximum Gasteiger partial charge on any atom is 0.263 e. The first-order valence-corrected chi connectivity index (χ1v) is 10.9. The van der Waals surface area contributed by atoms with Crippen LogP contribution in [0.15, 0.2) is 29.2 Å². The number of rotatable bonds is 5. The van der Waals surface area contributed by atoms with Crippen molar-refractivity contribution in [2.45, 2.75) is 42.9 Å². The summed E-state index contributed by atoms with van der Waals surface area (Å²) in [5.74, 6) is 6.05. The Morgan fingerprint density at radius 3 is 2.63 bits per heavy atom. The molecule has 1 aromatic carbocycles. The number of hydrogen-bond acceptors (Lipinski definition) is 6. The number of nitrogens with zero attached hydrogens (tertiary/aromatic N) is 1. The second kappa shape index (κ2) is 8.97. The highest BCUT2D eigenvalue weighted by molar-refractivity contribution is 8.00. The number of ether oxygens (including phenoxy) is 1. The summed E-state index contributed by atoms with van der Waals surface area (Å²) in [5.41, 5.74) is 1.60. The highest BCUT2D eigenvalue weighted by atomic mass is 32.2. The number of carbonyl (C=O) groups excluding carboxylic acids is 1. The van der Waals surface area contributed by atoms with E-state index >= 15 is 0 Å². The van der Waals surface area contributed by atoms with Crippen molar-refractivity contribution >= 4 is 27.7 Å². The van der Waals surface area contributed by atoms with E-state index in [-0.39, 0.29) is 18.0 Å².